The van der Waals surface area contributed by atoms with E-state index in [1.54, 1.807) is 0 Å². The second-order valence-electron chi connectivity index (χ2n) is 8.60. The second kappa shape index (κ2) is 7.00. The fraction of sp³-hybridized carbons (Fsp3) is 1.00. The largest absolute Gasteiger partial charge is 0.392 e. The third-order valence-corrected chi connectivity index (χ3v) is 6.61. The van der Waals surface area contributed by atoms with E-state index >= 15 is 0 Å². The molecule has 4 atom stereocenters. The molecule has 21 heavy (non-hydrogen) atoms. The molecule has 2 bridgehead atoms. The molecule has 0 heterocycles. The third-order valence-electron chi connectivity index (χ3n) is 6.61. The first-order valence-electron chi connectivity index (χ1n) is 9.56. The van der Waals surface area contributed by atoms with Gasteiger partial charge in [-0.1, -0.05) is 39.0 Å². The smallest absolute Gasteiger partial charge is 0.0692 e. The molecule has 3 aliphatic rings. The number of hydrogen-bond donors (Lipinski definition) is 2. The zero-order valence-electron chi connectivity index (χ0n) is 13.9. The first-order chi connectivity index (χ1) is 10.2. The third kappa shape index (κ3) is 4.01. The first-order valence-corrected chi connectivity index (χ1v) is 9.56. The Bertz CT molecular complexity index is 322. The molecule has 3 rings (SSSR count). The molecule has 0 aromatic rings. The molecule has 0 spiro atoms. The molecule has 0 radical (unpaired) electrons. The highest BCUT2D eigenvalue weighted by Gasteiger charge is 2.41. The van der Waals surface area contributed by atoms with Gasteiger partial charge in [0.25, 0.3) is 0 Å². The van der Waals surface area contributed by atoms with Gasteiger partial charge in [0, 0.05) is 13.1 Å². The zero-order valence-corrected chi connectivity index (χ0v) is 13.9. The molecule has 0 saturated heterocycles. The van der Waals surface area contributed by atoms with Crippen LogP contribution in [0.3, 0.4) is 0 Å². The van der Waals surface area contributed by atoms with Gasteiger partial charge in [0.15, 0.2) is 0 Å². The van der Waals surface area contributed by atoms with Crippen LogP contribution in [0.4, 0.5) is 0 Å². The van der Waals surface area contributed by atoms with Gasteiger partial charge in [-0.15, -0.1) is 0 Å². The fourth-order valence-electron chi connectivity index (χ4n) is 5.76. The van der Waals surface area contributed by atoms with E-state index in [-0.39, 0.29) is 6.10 Å². The van der Waals surface area contributed by atoms with Crippen LogP contribution >= 0.6 is 0 Å². The van der Waals surface area contributed by atoms with Gasteiger partial charge >= 0.3 is 0 Å². The summed E-state index contributed by atoms with van der Waals surface area (Å²) < 4.78 is 0. The van der Waals surface area contributed by atoms with Gasteiger partial charge in [-0.2, -0.15) is 0 Å². The lowest BCUT2D eigenvalue weighted by Gasteiger charge is -2.48. The van der Waals surface area contributed by atoms with Crippen LogP contribution in [0.15, 0.2) is 0 Å². The number of hydrogen-bond acceptors (Lipinski definition) is 2. The molecular formula is C19H35NO. The van der Waals surface area contributed by atoms with Crippen LogP contribution in [0.25, 0.3) is 0 Å². The topological polar surface area (TPSA) is 32.3 Å². The van der Waals surface area contributed by atoms with Crippen LogP contribution < -0.4 is 5.32 Å². The van der Waals surface area contributed by atoms with Crippen LogP contribution in [-0.2, 0) is 0 Å². The first kappa shape index (κ1) is 15.8. The lowest BCUT2D eigenvalue weighted by Crippen LogP contribution is -2.45. The summed E-state index contributed by atoms with van der Waals surface area (Å²) in [4.78, 5) is 0. The van der Waals surface area contributed by atoms with Gasteiger partial charge in [-0.3, -0.25) is 0 Å². The van der Waals surface area contributed by atoms with Gasteiger partial charge < -0.3 is 10.4 Å². The molecule has 122 valence electrons. The second-order valence-corrected chi connectivity index (χ2v) is 8.60. The highest BCUT2D eigenvalue weighted by molar-refractivity contribution is 4.94. The lowest BCUT2D eigenvalue weighted by atomic mass is 9.59. The average Bonchev–Trinajstić information content (AvgIpc) is 2.47. The van der Waals surface area contributed by atoms with Crippen molar-refractivity contribution in [3.63, 3.8) is 0 Å². The molecule has 3 aliphatic carbocycles. The normalized spacial score (nSPS) is 39.1. The summed E-state index contributed by atoms with van der Waals surface area (Å²) in [5, 5.41) is 14.1. The van der Waals surface area contributed by atoms with Crippen LogP contribution in [-0.4, -0.2) is 24.3 Å². The Morgan fingerprint density at radius 1 is 1.10 bits per heavy atom. The van der Waals surface area contributed by atoms with Crippen molar-refractivity contribution >= 4 is 0 Å². The lowest BCUT2D eigenvalue weighted by molar-refractivity contribution is 0.0361. The molecular weight excluding hydrogens is 258 g/mol. The maximum absolute atomic E-state index is 10.4. The molecule has 2 N–H and O–H groups in total. The quantitative estimate of drug-likeness (QED) is 0.799. The van der Waals surface area contributed by atoms with Crippen molar-refractivity contribution in [1.82, 2.24) is 5.32 Å². The Balaban J connectivity index is 1.45. The standard InChI is InChI=1S/C19H35NO/c1-15-10-16-6-5-9-19(11-15,12-16)14-20-13-18(21)17-7-3-2-4-8-17/h15-18,20-21H,2-14H2,1H3/t15?,16?,18-,19?/m1/s1. The molecule has 0 aliphatic heterocycles. The minimum absolute atomic E-state index is 0.109. The monoisotopic (exact) mass is 293 g/mol. The number of aliphatic hydroxyl groups is 1. The van der Waals surface area contributed by atoms with Gasteiger partial charge in [-0.25, -0.2) is 0 Å². The number of aliphatic hydroxyl groups excluding tert-OH is 1. The predicted molar refractivity (Wildman–Crippen MR) is 88.2 cm³/mol. The summed E-state index contributed by atoms with van der Waals surface area (Å²) in [5.74, 6) is 2.47. The van der Waals surface area contributed by atoms with Gasteiger partial charge in [0.05, 0.1) is 6.10 Å². The molecule has 3 unspecified atom stereocenters. The molecule has 3 fully saturated rings. The van der Waals surface area contributed by atoms with Gasteiger partial charge in [-0.05, 0) is 61.7 Å². The SMILES string of the molecule is CC1CC2CCCC(CNC[C@@H](O)C3CCCCC3)(C1)C2. The van der Waals surface area contributed by atoms with Crippen molar-refractivity contribution in [1.29, 1.82) is 0 Å². The Labute approximate surface area is 131 Å². The Hall–Kier alpha value is -0.0800. The number of nitrogens with one attached hydrogen (secondary N) is 1. The van der Waals surface area contributed by atoms with E-state index in [2.05, 4.69) is 12.2 Å². The number of fused-ring (bicyclic) bond motifs is 2. The van der Waals surface area contributed by atoms with E-state index in [1.807, 2.05) is 0 Å². The minimum Gasteiger partial charge on any atom is -0.392 e. The number of rotatable bonds is 5. The predicted octanol–water partition coefficient (Wildman–Crippen LogP) is 4.12. The van der Waals surface area contributed by atoms with Crippen molar-refractivity contribution in [3.8, 4) is 0 Å². The molecule has 2 heteroatoms. The van der Waals surface area contributed by atoms with Gasteiger partial charge in [0.1, 0.15) is 0 Å². The Kier molecular flexibility index (Phi) is 5.27. The summed E-state index contributed by atoms with van der Waals surface area (Å²) in [6, 6.07) is 0. The van der Waals surface area contributed by atoms with E-state index in [9.17, 15) is 5.11 Å². The van der Waals surface area contributed by atoms with Crippen molar-refractivity contribution in [2.24, 2.45) is 23.2 Å². The maximum atomic E-state index is 10.4. The average molecular weight is 293 g/mol. The molecule has 0 amide bonds. The minimum atomic E-state index is -0.109. The Morgan fingerprint density at radius 3 is 2.71 bits per heavy atom. The zero-order chi connectivity index (χ0) is 14.7. The summed E-state index contributed by atoms with van der Waals surface area (Å²) in [6.07, 6.45) is 15.0. The van der Waals surface area contributed by atoms with Crippen LogP contribution in [0, 0.1) is 23.2 Å². The van der Waals surface area contributed by atoms with E-state index in [0.717, 1.165) is 24.9 Å². The van der Waals surface area contributed by atoms with Crippen molar-refractivity contribution in [3.05, 3.63) is 0 Å². The van der Waals surface area contributed by atoms with Crippen LogP contribution in [0.2, 0.25) is 0 Å². The van der Waals surface area contributed by atoms with Crippen LogP contribution in [0.5, 0.6) is 0 Å². The molecule has 2 nitrogen and oxygen atoms in total. The summed E-state index contributed by atoms with van der Waals surface area (Å²) in [7, 11) is 0. The van der Waals surface area contributed by atoms with E-state index in [4.69, 9.17) is 0 Å². The van der Waals surface area contributed by atoms with Gasteiger partial charge in [0.2, 0.25) is 0 Å². The molecule has 0 aromatic carbocycles. The fourth-order valence-corrected chi connectivity index (χ4v) is 5.76. The summed E-state index contributed by atoms with van der Waals surface area (Å²) in [6.45, 7) is 4.42. The van der Waals surface area contributed by atoms with E-state index in [1.165, 1.54) is 70.6 Å². The summed E-state index contributed by atoms with van der Waals surface area (Å²) >= 11 is 0. The van der Waals surface area contributed by atoms with Crippen molar-refractivity contribution in [2.45, 2.75) is 83.7 Å². The molecule has 0 aromatic heterocycles. The van der Waals surface area contributed by atoms with Crippen molar-refractivity contribution in [2.75, 3.05) is 13.1 Å². The highest BCUT2D eigenvalue weighted by Crippen LogP contribution is 2.50. The highest BCUT2D eigenvalue weighted by atomic mass is 16.3. The summed E-state index contributed by atoms with van der Waals surface area (Å²) in [5.41, 5.74) is 0.562. The van der Waals surface area contributed by atoms with Crippen LogP contribution in [0.1, 0.15) is 77.6 Å². The van der Waals surface area contributed by atoms with Crippen molar-refractivity contribution < 1.29 is 5.11 Å². The maximum Gasteiger partial charge on any atom is 0.0692 e. The van der Waals surface area contributed by atoms with E-state index < -0.39 is 0 Å². The van der Waals surface area contributed by atoms with E-state index in [0.29, 0.717) is 11.3 Å². The Morgan fingerprint density at radius 2 is 1.90 bits per heavy atom. The molecule has 3 saturated carbocycles.